The highest BCUT2D eigenvalue weighted by atomic mass is 127. The Morgan fingerprint density at radius 2 is 1.94 bits per heavy atom. The molecule has 0 spiro atoms. The number of morpholine rings is 1. The molecule has 1 aliphatic rings. The lowest BCUT2D eigenvalue weighted by Gasteiger charge is -2.26. The molecule has 8 nitrogen and oxygen atoms in total. The highest BCUT2D eigenvalue weighted by molar-refractivity contribution is 14.0. The number of benzene rings is 1. The van der Waals surface area contributed by atoms with Gasteiger partial charge in [0.1, 0.15) is 29.5 Å². The van der Waals surface area contributed by atoms with Gasteiger partial charge in [0.15, 0.2) is 5.96 Å². The van der Waals surface area contributed by atoms with Crippen LogP contribution in [0, 0.1) is 6.92 Å². The Kier molecular flexibility index (Phi) is 11.5. The molecule has 1 saturated heterocycles. The maximum Gasteiger partial charge on any atom is 0.191 e. The van der Waals surface area contributed by atoms with Crippen LogP contribution in [0.25, 0.3) is 0 Å². The molecule has 0 saturated carbocycles. The van der Waals surface area contributed by atoms with Gasteiger partial charge in [0.05, 0.1) is 26.3 Å². The van der Waals surface area contributed by atoms with Gasteiger partial charge in [-0.25, -0.2) is 4.99 Å². The van der Waals surface area contributed by atoms with Crippen LogP contribution in [0.15, 0.2) is 45.8 Å². The van der Waals surface area contributed by atoms with E-state index in [0.29, 0.717) is 31.4 Å². The van der Waals surface area contributed by atoms with E-state index in [9.17, 15) is 5.11 Å². The lowest BCUT2D eigenvalue weighted by Crippen LogP contribution is -2.44. The number of rotatable bonds is 10. The van der Waals surface area contributed by atoms with Gasteiger partial charge < -0.3 is 29.6 Å². The number of ether oxygens (including phenoxy) is 2. The van der Waals surface area contributed by atoms with Gasteiger partial charge in [-0.2, -0.15) is 0 Å². The van der Waals surface area contributed by atoms with Crippen LogP contribution in [0.1, 0.15) is 30.9 Å². The summed E-state index contributed by atoms with van der Waals surface area (Å²) in [5.74, 6) is 2.76. The number of aryl methyl sites for hydroxylation is 1. The number of hydrogen-bond donors (Lipinski definition) is 3. The molecular formula is C24H37IN4O4. The van der Waals surface area contributed by atoms with E-state index < -0.39 is 5.60 Å². The summed E-state index contributed by atoms with van der Waals surface area (Å²) < 4.78 is 17.0. The fraction of sp³-hybridized carbons (Fsp3) is 0.542. The zero-order valence-electron chi connectivity index (χ0n) is 19.8. The molecule has 33 heavy (non-hydrogen) atoms. The molecular weight excluding hydrogens is 535 g/mol. The molecule has 1 aromatic carbocycles. The predicted octanol–water partition coefficient (Wildman–Crippen LogP) is 2.88. The SMILES string of the molecule is CCNC(=NCc1ccccc1OCCN1CCOCC1)NCC(C)(O)c1ccc(C)o1.I. The number of halogens is 1. The van der Waals surface area contributed by atoms with Crippen molar-refractivity contribution < 1.29 is 19.0 Å². The minimum atomic E-state index is -1.15. The van der Waals surface area contributed by atoms with E-state index in [1.165, 1.54) is 0 Å². The molecule has 0 radical (unpaired) electrons. The summed E-state index contributed by atoms with van der Waals surface area (Å²) >= 11 is 0. The van der Waals surface area contributed by atoms with E-state index in [1.54, 1.807) is 13.0 Å². The molecule has 9 heteroatoms. The lowest BCUT2D eigenvalue weighted by molar-refractivity contribution is 0.0322. The fourth-order valence-corrected chi connectivity index (χ4v) is 3.46. The van der Waals surface area contributed by atoms with Crippen molar-refractivity contribution >= 4 is 29.9 Å². The normalized spacial score (nSPS) is 16.5. The highest BCUT2D eigenvalue weighted by Crippen LogP contribution is 2.22. The summed E-state index contributed by atoms with van der Waals surface area (Å²) in [6.07, 6.45) is 0. The van der Waals surface area contributed by atoms with E-state index >= 15 is 0 Å². The molecule has 0 bridgehead atoms. The number of furan rings is 1. The van der Waals surface area contributed by atoms with Gasteiger partial charge in [-0.3, -0.25) is 4.90 Å². The first-order chi connectivity index (χ1) is 15.5. The Balaban J connectivity index is 0.00000385. The lowest BCUT2D eigenvalue weighted by atomic mass is 10.0. The van der Waals surface area contributed by atoms with Crippen LogP contribution < -0.4 is 15.4 Å². The van der Waals surface area contributed by atoms with Gasteiger partial charge >= 0.3 is 0 Å². The second kappa shape index (κ2) is 13.8. The summed E-state index contributed by atoms with van der Waals surface area (Å²) in [5, 5.41) is 17.2. The topological polar surface area (TPSA) is 91.5 Å². The summed E-state index contributed by atoms with van der Waals surface area (Å²) in [5.41, 5.74) is -0.134. The summed E-state index contributed by atoms with van der Waals surface area (Å²) in [6.45, 7) is 12.0. The third kappa shape index (κ3) is 8.80. The molecule has 0 aliphatic carbocycles. The summed E-state index contributed by atoms with van der Waals surface area (Å²) in [4.78, 5) is 7.04. The van der Waals surface area contributed by atoms with Gasteiger partial charge in [0, 0.05) is 31.7 Å². The Morgan fingerprint density at radius 1 is 1.18 bits per heavy atom. The summed E-state index contributed by atoms with van der Waals surface area (Å²) in [7, 11) is 0. The molecule has 3 N–H and O–H groups in total. The smallest absolute Gasteiger partial charge is 0.191 e. The molecule has 2 heterocycles. The van der Waals surface area contributed by atoms with E-state index in [1.807, 2.05) is 44.2 Å². The van der Waals surface area contributed by atoms with Crippen molar-refractivity contribution in [2.45, 2.75) is 32.9 Å². The van der Waals surface area contributed by atoms with Crippen molar-refractivity contribution in [1.29, 1.82) is 0 Å². The largest absolute Gasteiger partial charge is 0.492 e. The first-order valence-corrected chi connectivity index (χ1v) is 11.3. The number of guanidine groups is 1. The molecule has 184 valence electrons. The van der Waals surface area contributed by atoms with E-state index in [0.717, 1.165) is 49.9 Å². The Morgan fingerprint density at radius 3 is 2.64 bits per heavy atom. The molecule has 1 aromatic heterocycles. The van der Waals surface area contributed by atoms with Gasteiger partial charge in [0.25, 0.3) is 0 Å². The molecule has 3 rings (SSSR count). The standard InChI is InChI=1S/C24H36N4O4.HI/c1-4-25-23(27-18-24(3,29)22-10-9-19(2)32-22)26-17-20-7-5-6-8-21(20)31-16-13-28-11-14-30-15-12-28;/h5-10,29H,4,11-18H2,1-3H3,(H2,25,26,27);1H. The van der Waals surface area contributed by atoms with Crippen LogP contribution in [0.5, 0.6) is 5.75 Å². The number of para-hydroxylation sites is 1. The minimum Gasteiger partial charge on any atom is -0.492 e. The first-order valence-electron chi connectivity index (χ1n) is 11.3. The number of nitrogens with zero attached hydrogens (tertiary/aromatic N) is 2. The number of aliphatic hydroxyl groups is 1. The maximum atomic E-state index is 10.8. The van der Waals surface area contributed by atoms with Gasteiger partial charge in [0.2, 0.25) is 0 Å². The third-order valence-electron chi connectivity index (χ3n) is 5.36. The van der Waals surface area contributed by atoms with Crippen LogP contribution in [0.4, 0.5) is 0 Å². The quantitative estimate of drug-likeness (QED) is 0.229. The van der Waals surface area contributed by atoms with Crippen molar-refractivity contribution in [2.75, 3.05) is 52.5 Å². The minimum absolute atomic E-state index is 0. The van der Waals surface area contributed by atoms with Crippen molar-refractivity contribution in [3.05, 3.63) is 53.5 Å². The molecule has 1 atom stereocenters. The van der Waals surface area contributed by atoms with E-state index in [2.05, 4.69) is 15.5 Å². The van der Waals surface area contributed by atoms with Crippen molar-refractivity contribution in [3.63, 3.8) is 0 Å². The predicted molar refractivity (Wildman–Crippen MR) is 140 cm³/mol. The third-order valence-corrected chi connectivity index (χ3v) is 5.36. The number of aliphatic imine (C=N–C) groups is 1. The number of nitrogens with one attached hydrogen (secondary N) is 2. The van der Waals surface area contributed by atoms with Crippen molar-refractivity contribution in [1.82, 2.24) is 15.5 Å². The average Bonchev–Trinajstić information content (AvgIpc) is 3.24. The highest BCUT2D eigenvalue weighted by Gasteiger charge is 2.27. The van der Waals surface area contributed by atoms with Crippen LogP contribution in [0.3, 0.4) is 0 Å². The van der Waals surface area contributed by atoms with Crippen LogP contribution in [0.2, 0.25) is 0 Å². The number of hydrogen-bond acceptors (Lipinski definition) is 6. The summed E-state index contributed by atoms with van der Waals surface area (Å²) in [6, 6.07) is 11.6. The molecule has 1 aliphatic heterocycles. The second-order valence-electron chi connectivity index (χ2n) is 8.14. The zero-order chi connectivity index (χ0) is 22.8. The monoisotopic (exact) mass is 572 g/mol. The average molecular weight is 572 g/mol. The Bertz CT molecular complexity index is 866. The maximum absolute atomic E-state index is 10.8. The Hall–Kier alpha value is -1.82. The van der Waals surface area contributed by atoms with Crippen LogP contribution in [-0.2, 0) is 16.9 Å². The Labute approximate surface area is 213 Å². The second-order valence-corrected chi connectivity index (χ2v) is 8.14. The van der Waals surface area contributed by atoms with Gasteiger partial charge in [-0.05, 0) is 39.0 Å². The molecule has 0 amide bonds. The van der Waals surface area contributed by atoms with Gasteiger partial charge in [-0.15, -0.1) is 24.0 Å². The van der Waals surface area contributed by atoms with Gasteiger partial charge in [-0.1, -0.05) is 18.2 Å². The van der Waals surface area contributed by atoms with Crippen LogP contribution in [-0.4, -0.2) is 68.5 Å². The van der Waals surface area contributed by atoms with Crippen molar-refractivity contribution in [2.24, 2.45) is 4.99 Å². The fourth-order valence-electron chi connectivity index (χ4n) is 3.46. The molecule has 2 aromatic rings. The van der Waals surface area contributed by atoms with Crippen molar-refractivity contribution in [3.8, 4) is 5.75 Å². The van der Waals surface area contributed by atoms with E-state index in [4.69, 9.17) is 18.9 Å². The first kappa shape index (κ1) is 27.4. The molecule has 1 unspecified atom stereocenters. The zero-order valence-corrected chi connectivity index (χ0v) is 22.1. The van der Waals surface area contributed by atoms with Crippen LogP contribution >= 0.6 is 24.0 Å². The van der Waals surface area contributed by atoms with E-state index in [-0.39, 0.29) is 30.5 Å². The molecule has 1 fully saturated rings.